The van der Waals surface area contributed by atoms with Crippen LogP contribution in [-0.4, -0.2) is 27.1 Å². The van der Waals surface area contributed by atoms with Crippen LogP contribution >= 0.6 is 0 Å². The molecule has 0 radical (unpaired) electrons. The summed E-state index contributed by atoms with van der Waals surface area (Å²) in [7, 11) is -3.58. The molecule has 0 heterocycles. The quantitative estimate of drug-likeness (QED) is 0.835. The van der Waals surface area contributed by atoms with Gasteiger partial charge in [-0.1, -0.05) is 32.0 Å². The molecule has 0 bridgehead atoms. The molecule has 1 amide bonds. The van der Waals surface area contributed by atoms with Crippen molar-refractivity contribution in [1.82, 2.24) is 0 Å². The number of hydrogen-bond acceptors (Lipinski definition) is 3. The van der Waals surface area contributed by atoms with Crippen molar-refractivity contribution in [3.63, 3.8) is 0 Å². The van der Waals surface area contributed by atoms with Gasteiger partial charge >= 0.3 is 0 Å². The Bertz CT molecular complexity index is 868. The minimum atomic E-state index is -3.58. The van der Waals surface area contributed by atoms with E-state index in [4.69, 9.17) is 0 Å². The molecule has 0 spiro atoms. The fourth-order valence-electron chi connectivity index (χ4n) is 2.78. The first-order valence-corrected chi connectivity index (χ1v) is 10.4. The van der Waals surface area contributed by atoms with Gasteiger partial charge < -0.3 is 5.32 Å². The van der Waals surface area contributed by atoms with E-state index in [1.54, 1.807) is 12.1 Å². The Morgan fingerprint density at radius 1 is 1.04 bits per heavy atom. The summed E-state index contributed by atoms with van der Waals surface area (Å²) < 4.78 is 25.5. The van der Waals surface area contributed by atoms with Crippen LogP contribution in [0.5, 0.6) is 0 Å². The van der Waals surface area contributed by atoms with Gasteiger partial charge in [0.05, 0.1) is 11.9 Å². The smallest absolute Gasteiger partial charge is 0.245 e. The molecule has 0 aliphatic rings. The molecule has 0 saturated heterocycles. The largest absolute Gasteiger partial charge is 0.325 e. The second-order valence-electron chi connectivity index (χ2n) is 6.94. The predicted octanol–water partition coefficient (Wildman–Crippen LogP) is 3.83. The van der Waals surface area contributed by atoms with Crippen molar-refractivity contribution in [3.05, 3.63) is 59.2 Å². The maximum absolute atomic E-state index is 12.4. The Balaban J connectivity index is 2.19. The van der Waals surface area contributed by atoms with Crippen LogP contribution in [0.2, 0.25) is 0 Å². The topological polar surface area (TPSA) is 66.5 Å². The molecule has 140 valence electrons. The van der Waals surface area contributed by atoms with Crippen molar-refractivity contribution in [2.75, 3.05) is 22.4 Å². The molecule has 6 heteroatoms. The first kappa shape index (κ1) is 20.0. The van der Waals surface area contributed by atoms with Gasteiger partial charge in [-0.25, -0.2) is 8.42 Å². The third kappa shape index (κ3) is 5.33. The number of sulfonamides is 1. The summed E-state index contributed by atoms with van der Waals surface area (Å²) in [4.78, 5) is 12.4. The minimum Gasteiger partial charge on any atom is -0.325 e. The molecule has 26 heavy (non-hydrogen) atoms. The maximum atomic E-state index is 12.4. The number of amides is 1. The third-order valence-electron chi connectivity index (χ3n) is 4.04. The van der Waals surface area contributed by atoms with Crippen LogP contribution in [-0.2, 0) is 14.8 Å². The van der Waals surface area contributed by atoms with Crippen LogP contribution < -0.4 is 9.62 Å². The van der Waals surface area contributed by atoms with Crippen LogP contribution in [0.3, 0.4) is 0 Å². The molecule has 5 nitrogen and oxygen atoms in total. The number of hydrogen-bond donors (Lipinski definition) is 1. The van der Waals surface area contributed by atoms with E-state index in [1.165, 1.54) is 5.56 Å². The fraction of sp³-hybridized carbons (Fsp3) is 0.350. The average Bonchev–Trinajstić information content (AvgIpc) is 2.51. The summed E-state index contributed by atoms with van der Waals surface area (Å²) in [5.41, 5.74) is 4.20. The van der Waals surface area contributed by atoms with E-state index in [2.05, 4.69) is 19.2 Å². The van der Waals surface area contributed by atoms with Crippen LogP contribution in [0, 0.1) is 13.8 Å². The summed E-state index contributed by atoms with van der Waals surface area (Å²) in [5.74, 6) is 0.0249. The summed E-state index contributed by atoms with van der Waals surface area (Å²) >= 11 is 0. The minimum absolute atomic E-state index is 0.270. The number of nitrogens with one attached hydrogen (secondary N) is 1. The number of aryl methyl sites for hydroxylation is 2. The first-order valence-electron chi connectivity index (χ1n) is 8.52. The van der Waals surface area contributed by atoms with Gasteiger partial charge in [-0.3, -0.25) is 9.10 Å². The lowest BCUT2D eigenvalue weighted by atomic mass is 10.0. The molecule has 0 aromatic heterocycles. The lowest BCUT2D eigenvalue weighted by molar-refractivity contribution is -0.114. The Morgan fingerprint density at radius 2 is 1.58 bits per heavy atom. The number of nitrogens with zero attached hydrogens (tertiary/aromatic N) is 1. The molecule has 0 aliphatic carbocycles. The summed E-state index contributed by atoms with van der Waals surface area (Å²) in [6.07, 6.45) is 1.11. The molecule has 2 aromatic carbocycles. The molecule has 1 N–H and O–H groups in total. The molecule has 0 saturated carbocycles. The average molecular weight is 375 g/mol. The molecular weight excluding hydrogens is 348 g/mol. The standard InChI is InChI=1S/C20H26N2O3S/c1-14(2)17-6-8-18(9-7-17)21-20(23)13-22(26(5,24)25)19-11-15(3)10-16(4)12-19/h6-12,14H,13H2,1-5H3,(H,21,23). The van der Waals surface area contributed by atoms with Crippen LogP contribution in [0.25, 0.3) is 0 Å². The van der Waals surface area contributed by atoms with Crippen molar-refractivity contribution in [2.45, 2.75) is 33.6 Å². The van der Waals surface area contributed by atoms with Gasteiger partial charge in [0.1, 0.15) is 6.54 Å². The van der Waals surface area contributed by atoms with Crippen LogP contribution in [0.4, 0.5) is 11.4 Å². The highest BCUT2D eigenvalue weighted by Crippen LogP contribution is 2.22. The van der Waals surface area contributed by atoms with Gasteiger partial charge in [-0.2, -0.15) is 0 Å². The van der Waals surface area contributed by atoms with Crippen LogP contribution in [0.1, 0.15) is 36.5 Å². The zero-order valence-electron chi connectivity index (χ0n) is 15.9. The van der Waals surface area contributed by atoms with E-state index in [-0.39, 0.29) is 12.5 Å². The molecule has 0 aliphatic heterocycles. The second kappa shape index (κ2) is 7.91. The number of rotatable bonds is 6. The normalized spacial score (nSPS) is 11.5. The monoisotopic (exact) mass is 374 g/mol. The van der Waals surface area contributed by atoms with E-state index in [9.17, 15) is 13.2 Å². The molecule has 0 unspecified atom stereocenters. The predicted molar refractivity (Wildman–Crippen MR) is 107 cm³/mol. The summed E-state index contributed by atoms with van der Waals surface area (Å²) in [5, 5.41) is 2.76. The fourth-order valence-corrected chi connectivity index (χ4v) is 3.62. The molecule has 2 rings (SSSR count). The number of carbonyl (C=O) groups excluding carboxylic acids is 1. The highest BCUT2D eigenvalue weighted by molar-refractivity contribution is 7.92. The lowest BCUT2D eigenvalue weighted by Crippen LogP contribution is -2.37. The Hall–Kier alpha value is -2.34. The molecule has 0 fully saturated rings. The maximum Gasteiger partial charge on any atom is 0.245 e. The number of carbonyl (C=O) groups is 1. The van der Waals surface area contributed by atoms with Gasteiger partial charge in [0.25, 0.3) is 0 Å². The molecule has 2 aromatic rings. The van der Waals surface area contributed by atoms with E-state index in [1.807, 2.05) is 44.2 Å². The zero-order chi connectivity index (χ0) is 19.5. The van der Waals surface area contributed by atoms with Gasteiger partial charge in [0, 0.05) is 5.69 Å². The van der Waals surface area contributed by atoms with Gasteiger partial charge in [0.15, 0.2) is 0 Å². The second-order valence-corrected chi connectivity index (χ2v) is 8.85. The Labute approximate surface area is 156 Å². The third-order valence-corrected chi connectivity index (χ3v) is 5.18. The van der Waals surface area contributed by atoms with E-state index in [0.717, 1.165) is 21.7 Å². The van der Waals surface area contributed by atoms with Crippen molar-refractivity contribution in [3.8, 4) is 0 Å². The number of benzene rings is 2. The SMILES string of the molecule is Cc1cc(C)cc(N(CC(=O)Nc2ccc(C(C)C)cc2)S(C)(=O)=O)c1. The lowest BCUT2D eigenvalue weighted by Gasteiger charge is -2.23. The van der Waals surface area contributed by atoms with Crippen molar-refractivity contribution < 1.29 is 13.2 Å². The van der Waals surface area contributed by atoms with Gasteiger partial charge in [-0.05, 0) is 60.7 Å². The first-order chi connectivity index (χ1) is 12.1. The summed E-state index contributed by atoms with van der Waals surface area (Å²) in [6.45, 7) is 7.72. The van der Waals surface area contributed by atoms with Crippen molar-refractivity contribution in [2.24, 2.45) is 0 Å². The van der Waals surface area contributed by atoms with Gasteiger partial charge in [-0.15, -0.1) is 0 Å². The highest BCUT2D eigenvalue weighted by Gasteiger charge is 2.21. The Morgan fingerprint density at radius 3 is 2.04 bits per heavy atom. The summed E-state index contributed by atoms with van der Waals surface area (Å²) in [6, 6.07) is 13.1. The highest BCUT2D eigenvalue weighted by atomic mass is 32.2. The van der Waals surface area contributed by atoms with E-state index >= 15 is 0 Å². The van der Waals surface area contributed by atoms with E-state index in [0.29, 0.717) is 17.3 Å². The van der Waals surface area contributed by atoms with Gasteiger partial charge in [0.2, 0.25) is 15.9 Å². The molecule has 0 atom stereocenters. The Kier molecular flexibility index (Phi) is 6.08. The van der Waals surface area contributed by atoms with Crippen LogP contribution in [0.15, 0.2) is 42.5 Å². The van der Waals surface area contributed by atoms with E-state index < -0.39 is 10.0 Å². The molecular formula is C20H26N2O3S. The zero-order valence-corrected chi connectivity index (χ0v) is 16.7. The van der Waals surface area contributed by atoms with Crippen molar-refractivity contribution >= 4 is 27.3 Å². The number of anilines is 2. The van der Waals surface area contributed by atoms with Crippen molar-refractivity contribution in [1.29, 1.82) is 0 Å².